The molecule has 0 saturated carbocycles. The average Bonchev–Trinajstić information content (AvgIpc) is 2.63. The van der Waals surface area contributed by atoms with Crippen LogP contribution in [0.15, 0.2) is 72.8 Å². The summed E-state index contributed by atoms with van der Waals surface area (Å²) in [5.74, 6) is -0.741. The first-order chi connectivity index (χ1) is 12.6. The number of hydrogen-bond acceptors (Lipinski definition) is 2. The Morgan fingerprint density at radius 3 is 2.42 bits per heavy atom. The summed E-state index contributed by atoms with van der Waals surface area (Å²) in [4.78, 5) is 12.2. The van der Waals surface area contributed by atoms with Crippen molar-refractivity contribution in [3.05, 3.63) is 94.8 Å². The van der Waals surface area contributed by atoms with Gasteiger partial charge in [0.2, 0.25) is 5.91 Å². The molecule has 0 spiro atoms. The summed E-state index contributed by atoms with van der Waals surface area (Å²) in [7, 11) is 0. The average molecular weight is 369 g/mol. The molecule has 2 N–H and O–H groups in total. The highest BCUT2D eigenvalue weighted by molar-refractivity contribution is 6.30. The van der Waals surface area contributed by atoms with Crippen molar-refractivity contribution in [3.63, 3.8) is 0 Å². The summed E-state index contributed by atoms with van der Waals surface area (Å²) in [6, 6.07) is 22.0. The van der Waals surface area contributed by atoms with E-state index < -0.39 is 5.82 Å². The molecule has 1 amide bonds. The molecule has 0 saturated heterocycles. The minimum absolute atomic E-state index is 0.0434. The van der Waals surface area contributed by atoms with Gasteiger partial charge in [-0.2, -0.15) is 0 Å². The van der Waals surface area contributed by atoms with Crippen LogP contribution in [0.5, 0.6) is 0 Å². The van der Waals surface area contributed by atoms with Gasteiger partial charge in [0.1, 0.15) is 5.82 Å². The number of amides is 1. The maximum Gasteiger partial charge on any atom is 0.243 e. The molecule has 132 valence electrons. The molecule has 0 aliphatic rings. The second kappa shape index (κ2) is 8.50. The quantitative estimate of drug-likeness (QED) is 0.634. The minimum atomic E-state index is -0.491. The van der Waals surface area contributed by atoms with Gasteiger partial charge in [-0.05, 0) is 41.8 Å². The third kappa shape index (κ3) is 4.83. The van der Waals surface area contributed by atoms with Crippen molar-refractivity contribution < 1.29 is 9.18 Å². The van der Waals surface area contributed by atoms with E-state index in [4.69, 9.17) is 11.6 Å². The van der Waals surface area contributed by atoms with Gasteiger partial charge >= 0.3 is 0 Å². The number of halogens is 2. The molecule has 0 aliphatic heterocycles. The van der Waals surface area contributed by atoms with Crippen LogP contribution in [0.25, 0.3) is 0 Å². The van der Waals surface area contributed by atoms with Crippen molar-refractivity contribution in [2.24, 2.45) is 0 Å². The molecule has 0 unspecified atom stereocenters. The van der Waals surface area contributed by atoms with Crippen LogP contribution in [0.2, 0.25) is 5.02 Å². The van der Waals surface area contributed by atoms with Gasteiger partial charge < -0.3 is 10.6 Å². The predicted molar refractivity (Wildman–Crippen MR) is 104 cm³/mol. The van der Waals surface area contributed by atoms with Gasteiger partial charge in [-0.3, -0.25) is 4.79 Å². The summed E-state index contributed by atoms with van der Waals surface area (Å²) in [6.07, 6.45) is 0.719. The highest BCUT2D eigenvalue weighted by Crippen LogP contribution is 2.20. The van der Waals surface area contributed by atoms with Crippen LogP contribution >= 0.6 is 11.6 Å². The molecule has 0 radical (unpaired) electrons. The number of nitrogens with one attached hydrogen (secondary N) is 2. The second-order valence-electron chi connectivity index (χ2n) is 5.85. The molecule has 5 heteroatoms. The van der Waals surface area contributed by atoms with Crippen LogP contribution in [0.3, 0.4) is 0 Å². The Kier molecular flexibility index (Phi) is 5.87. The van der Waals surface area contributed by atoms with E-state index in [1.165, 1.54) is 12.1 Å². The Morgan fingerprint density at radius 1 is 0.923 bits per heavy atom. The van der Waals surface area contributed by atoms with Crippen LogP contribution in [-0.2, 0) is 11.2 Å². The van der Waals surface area contributed by atoms with Gasteiger partial charge in [0.25, 0.3) is 0 Å². The fourth-order valence-corrected chi connectivity index (χ4v) is 2.77. The van der Waals surface area contributed by atoms with Crippen LogP contribution in [-0.4, -0.2) is 12.5 Å². The molecule has 3 rings (SSSR count). The van der Waals surface area contributed by atoms with E-state index in [1.54, 1.807) is 6.07 Å². The summed E-state index contributed by atoms with van der Waals surface area (Å²) >= 11 is 5.72. The van der Waals surface area contributed by atoms with Crippen molar-refractivity contribution >= 4 is 28.9 Å². The Labute approximate surface area is 156 Å². The summed E-state index contributed by atoms with van der Waals surface area (Å²) in [6.45, 7) is -0.0434. The largest absolute Gasteiger partial charge is 0.374 e. The topological polar surface area (TPSA) is 41.1 Å². The lowest BCUT2D eigenvalue weighted by Gasteiger charge is -2.12. The van der Waals surface area contributed by atoms with E-state index in [0.29, 0.717) is 5.02 Å². The molecule has 0 atom stereocenters. The fourth-order valence-electron chi connectivity index (χ4n) is 2.61. The zero-order valence-corrected chi connectivity index (χ0v) is 14.8. The smallest absolute Gasteiger partial charge is 0.243 e. The van der Waals surface area contributed by atoms with Crippen molar-refractivity contribution in [2.45, 2.75) is 6.42 Å². The normalized spacial score (nSPS) is 10.4. The Bertz CT molecular complexity index is 900. The van der Waals surface area contributed by atoms with Gasteiger partial charge in [0, 0.05) is 10.7 Å². The highest BCUT2D eigenvalue weighted by atomic mass is 35.5. The standard InChI is InChI=1S/C21H18ClFN2O/c22-17-10-11-20(18(23)13-17)24-14-21(26)25-19-9-5-4-8-16(19)12-15-6-2-1-3-7-15/h1-11,13,24H,12,14H2,(H,25,26). The molecule has 0 heterocycles. The number of para-hydroxylation sites is 1. The van der Waals surface area contributed by atoms with E-state index in [-0.39, 0.29) is 18.1 Å². The van der Waals surface area contributed by atoms with E-state index >= 15 is 0 Å². The van der Waals surface area contributed by atoms with Crippen LogP contribution in [0, 0.1) is 5.82 Å². The SMILES string of the molecule is O=C(CNc1ccc(Cl)cc1F)Nc1ccccc1Cc1ccccc1. The molecule has 0 bridgehead atoms. The van der Waals surface area contributed by atoms with E-state index in [2.05, 4.69) is 10.6 Å². The van der Waals surface area contributed by atoms with Gasteiger partial charge in [-0.25, -0.2) is 4.39 Å². The minimum Gasteiger partial charge on any atom is -0.374 e. The lowest BCUT2D eigenvalue weighted by Crippen LogP contribution is -2.22. The number of rotatable bonds is 6. The molecule has 0 aliphatic carbocycles. The van der Waals surface area contributed by atoms with Gasteiger partial charge in [0.15, 0.2) is 0 Å². The first kappa shape index (κ1) is 18.0. The molecule has 3 aromatic carbocycles. The molecule has 26 heavy (non-hydrogen) atoms. The molecular weight excluding hydrogens is 351 g/mol. The Hall–Kier alpha value is -2.85. The molecule has 0 fully saturated rings. The summed E-state index contributed by atoms with van der Waals surface area (Å²) in [5.41, 5.74) is 3.17. The number of hydrogen-bond donors (Lipinski definition) is 2. The van der Waals surface area contributed by atoms with Crippen molar-refractivity contribution in [2.75, 3.05) is 17.2 Å². The van der Waals surface area contributed by atoms with Gasteiger partial charge in [-0.15, -0.1) is 0 Å². The fraction of sp³-hybridized carbons (Fsp3) is 0.0952. The monoisotopic (exact) mass is 368 g/mol. The predicted octanol–water partition coefficient (Wildman–Crippen LogP) is 5.12. The lowest BCUT2D eigenvalue weighted by atomic mass is 10.0. The molecular formula is C21H18ClFN2O. The first-order valence-electron chi connectivity index (χ1n) is 8.22. The van der Waals surface area contributed by atoms with Crippen LogP contribution in [0.4, 0.5) is 15.8 Å². The van der Waals surface area contributed by atoms with E-state index in [9.17, 15) is 9.18 Å². The zero-order valence-electron chi connectivity index (χ0n) is 14.0. The Morgan fingerprint density at radius 2 is 1.65 bits per heavy atom. The lowest BCUT2D eigenvalue weighted by molar-refractivity contribution is -0.114. The molecule has 3 aromatic rings. The second-order valence-corrected chi connectivity index (χ2v) is 6.28. The molecule has 0 aromatic heterocycles. The summed E-state index contributed by atoms with van der Waals surface area (Å²) in [5, 5.41) is 5.98. The number of carbonyl (C=O) groups is 1. The van der Waals surface area contributed by atoms with Crippen LogP contribution < -0.4 is 10.6 Å². The third-order valence-corrected chi connectivity index (χ3v) is 4.13. The number of benzene rings is 3. The van der Waals surface area contributed by atoms with Crippen LogP contribution in [0.1, 0.15) is 11.1 Å². The highest BCUT2D eigenvalue weighted by Gasteiger charge is 2.09. The van der Waals surface area contributed by atoms with E-state index in [0.717, 1.165) is 23.2 Å². The maximum absolute atomic E-state index is 13.8. The number of carbonyl (C=O) groups excluding carboxylic acids is 1. The molecule has 3 nitrogen and oxygen atoms in total. The van der Waals surface area contributed by atoms with Gasteiger partial charge in [0.05, 0.1) is 12.2 Å². The van der Waals surface area contributed by atoms with E-state index in [1.807, 2.05) is 54.6 Å². The summed E-state index contributed by atoms with van der Waals surface area (Å²) < 4.78 is 13.8. The maximum atomic E-state index is 13.8. The van der Waals surface area contributed by atoms with Crippen molar-refractivity contribution in [1.82, 2.24) is 0 Å². The van der Waals surface area contributed by atoms with Crippen molar-refractivity contribution in [1.29, 1.82) is 0 Å². The first-order valence-corrected chi connectivity index (χ1v) is 8.60. The zero-order chi connectivity index (χ0) is 18.4. The Balaban J connectivity index is 1.64. The van der Waals surface area contributed by atoms with Gasteiger partial charge in [-0.1, -0.05) is 60.1 Å². The number of anilines is 2. The third-order valence-electron chi connectivity index (χ3n) is 3.90. The van der Waals surface area contributed by atoms with Crippen molar-refractivity contribution in [3.8, 4) is 0 Å².